The van der Waals surface area contributed by atoms with Gasteiger partial charge in [-0.1, -0.05) is 6.92 Å². The summed E-state index contributed by atoms with van der Waals surface area (Å²) in [5.41, 5.74) is 0. The Balaban J connectivity index is 1.93. The van der Waals surface area contributed by atoms with Crippen LogP contribution in [0.15, 0.2) is 0 Å². The molecule has 23 heavy (non-hydrogen) atoms. The van der Waals surface area contributed by atoms with Crippen molar-refractivity contribution >= 4 is 15.8 Å². The van der Waals surface area contributed by atoms with E-state index in [0.29, 0.717) is 12.6 Å². The van der Waals surface area contributed by atoms with Gasteiger partial charge in [0.05, 0.1) is 11.9 Å². The van der Waals surface area contributed by atoms with Crippen molar-refractivity contribution in [2.75, 3.05) is 31.2 Å². The van der Waals surface area contributed by atoms with Crippen LogP contribution in [0.3, 0.4) is 0 Å². The Bertz CT molecular complexity index is 479. The summed E-state index contributed by atoms with van der Waals surface area (Å²) in [6, 6.07) is 0.399. The molecule has 0 radical (unpaired) electrons. The molecule has 0 aromatic heterocycles. The number of carboxylic acid groups (broad SMARTS) is 1. The van der Waals surface area contributed by atoms with Crippen molar-refractivity contribution in [2.24, 2.45) is 5.92 Å². The first-order chi connectivity index (χ1) is 10.9. The fourth-order valence-corrected chi connectivity index (χ4v) is 4.63. The molecule has 1 aliphatic carbocycles. The number of carbonyl (C=O) groups is 1. The Kier molecular flexibility index (Phi) is 6.85. The average molecular weight is 347 g/mol. The van der Waals surface area contributed by atoms with Gasteiger partial charge in [0, 0.05) is 25.7 Å². The molecule has 0 amide bonds. The molecule has 2 fully saturated rings. The van der Waals surface area contributed by atoms with E-state index < -0.39 is 21.6 Å². The third kappa shape index (κ3) is 6.39. The molecule has 1 unspecified atom stereocenters. The first kappa shape index (κ1) is 18.7. The van der Waals surface area contributed by atoms with Crippen LogP contribution in [0.5, 0.6) is 0 Å². The summed E-state index contributed by atoms with van der Waals surface area (Å²) in [5.74, 6) is -1.39. The number of nitrogens with zero attached hydrogens (tertiary/aromatic N) is 1. The van der Waals surface area contributed by atoms with Crippen LogP contribution in [0, 0.1) is 5.92 Å². The van der Waals surface area contributed by atoms with Crippen molar-refractivity contribution in [3.63, 3.8) is 0 Å². The van der Waals surface area contributed by atoms with Crippen LogP contribution >= 0.6 is 0 Å². The van der Waals surface area contributed by atoms with Crippen molar-refractivity contribution in [1.29, 1.82) is 0 Å². The van der Waals surface area contributed by atoms with Crippen molar-refractivity contribution < 1.29 is 23.1 Å². The molecular weight excluding hydrogens is 318 g/mol. The third-order valence-corrected chi connectivity index (χ3v) is 6.49. The first-order valence-electron chi connectivity index (χ1n) is 8.63. The Labute approximate surface area is 139 Å². The summed E-state index contributed by atoms with van der Waals surface area (Å²) >= 11 is 0. The van der Waals surface area contributed by atoms with Gasteiger partial charge in [-0.3, -0.25) is 9.69 Å². The minimum absolute atomic E-state index is 0.0852. The van der Waals surface area contributed by atoms with E-state index in [1.807, 2.05) is 0 Å². The number of hydrogen-bond acceptors (Lipinski definition) is 5. The molecule has 0 aromatic carbocycles. The van der Waals surface area contributed by atoms with E-state index >= 15 is 0 Å². The molecular formula is C16H29NO5S. The van der Waals surface area contributed by atoms with Gasteiger partial charge in [0.2, 0.25) is 0 Å². The fourth-order valence-electron chi connectivity index (χ4n) is 3.60. The van der Waals surface area contributed by atoms with Crippen LogP contribution in [0.25, 0.3) is 0 Å². The molecule has 1 N–H and O–H groups in total. The monoisotopic (exact) mass is 347 g/mol. The maximum absolute atomic E-state index is 11.9. The topological polar surface area (TPSA) is 83.9 Å². The Hall–Kier alpha value is -0.660. The highest BCUT2D eigenvalue weighted by atomic mass is 32.2. The molecule has 1 aliphatic heterocycles. The van der Waals surface area contributed by atoms with E-state index in [1.54, 1.807) is 0 Å². The second-order valence-electron chi connectivity index (χ2n) is 7.03. The van der Waals surface area contributed by atoms with E-state index in [0.717, 1.165) is 44.8 Å². The fraction of sp³-hybridized carbons (Fsp3) is 0.938. The lowest BCUT2D eigenvalue weighted by atomic mass is 9.86. The van der Waals surface area contributed by atoms with E-state index in [9.17, 15) is 13.2 Å². The normalized spacial score (nSPS) is 29.0. The Morgan fingerprint density at radius 1 is 1.22 bits per heavy atom. The lowest BCUT2D eigenvalue weighted by Gasteiger charge is -2.37. The summed E-state index contributed by atoms with van der Waals surface area (Å²) in [5, 5.41) is 8.71. The first-order valence-corrected chi connectivity index (χ1v) is 10.5. The van der Waals surface area contributed by atoms with Crippen LogP contribution in [-0.4, -0.2) is 67.7 Å². The number of aliphatic carboxylic acids is 1. The van der Waals surface area contributed by atoms with Crippen molar-refractivity contribution in [3.05, 3.63) is 0 Å². The van der Waals surface area contributed by atoms with Crippen molar-refractivity contribution in [3.8, 4) is 0 Å². The highest BCUT2D eigenvalue weighted by Crippen LogP contribution is 2.28. The molecule has 6 nitrogen and oxygen atoms in total. The molecule has 134 valence electrons. The van der Waals surface area contributed by atoms with E-state index in [1.165, 1.54) is 12.8 Å². The number of hydrogen-bond donors (Lipinski definition) is 1. The molecule has 2 aliphatic rings. The molecule has 1 heterocycles. The average Bonchev–Trinajstić information content (AvgIpc) is 2.96. The quantitative estimate of drug-likeness (QED) is 0.717. The Morgan fingerprint density at radius 2 is 1.91 bits per heavy atom. The molecule has 1 atom stereocenters. The smallest absolute Gasteiger partial charge is 0.318 e. The van der Waals surface area contributed by atoms with Gasteiger partial charge in [0.1, 0.15) is 5.75 Å². The van der Waals surface area contributed by atoms with Crippen LogP contribution < -0.4 is 0 Å². The predicted octanol–water partition coefficient (Wildman–Crippen LogP) is 1.55. The van der Waals surface area contributed by atoms with E-state index in [4.69, 9.17) is 9.84 Å². The second-order valence-corrected chi connectivity index (χ2v) is 9.21. The number of rotatable bonds is 8. The molecule has 0 bridgehead atoms. The van der Waals surface area contributed by atoms with Crippen LogP contribution in [0.4, 0.5) is 0 Å². The minimum Gasteiger partial charge on any atom is -0.480 e. The van der Waals surface area contributed by atoms with Gasteiger partial charge in [0.15, 0.2) is 9.84 Å². The van der Waals surface area contributed by atoms with Crippen LogP contribution in [0.1, 0.15) is 45.4 Å². The summed E-state index contributed by atoms with van der Waals surface area (Å²) in [6.45, 7) is 4.23. The zero-order valence-corrected chi connectivity index (χ0v) is 14.8. The standard InChI is InChI=1S/C16H29NO5S/c1-13-4-6-14(7-5-13)17(11-15-3-2-9-22-15)8-10-23(20,21)12-16(18)19/h13-15H,2-12H2,1H3,(H,18,19). The lowest BCUT2D eigenvalue weighted by Crippen LogP contribution is -2.44. The van der Waals surface area contributed by atoms with Crippen molar-refractivity contribution in [2.45, 2.75) is 57.6 Å². The predicted molar refractivity (Wildman–Crippen MR) is 88.3 cm³/mol. The minimum atomic E-state index is -3.54. The molecule has 0 aromatic rings. The zero-order valence-electron chi connectivity index (χ0n) is 13.9. The highest BCUT2D eigenvalue weighted by molar-refractivity contribution is 7.92. The number of carboxylic acids is 1. The second kappa shape index (κ2) is 8.44. The molecule has 0 spiro atoms. The van der Waals surface area contributed by atoms with Gasteiger partial charge in [-0.25, -0.2) is 8.42 Å². The van der Waals surface area contributed by atoms with Gasteiger partial charge < -0.3 is 9.84 Å². The van der Waals surface area contributed by atoms with Crippen molar-refractivity contribution in [1.82, 2.24) is 4.90 Å². The molecule has 1 saturated heterocycles. The van der Waals surface area contributed by atoms with Gasteiger partial charge >= 0.3 is 5.97 Å². The third-order valence-electron chi connectivity index (χ3n) is 5.00. The van der Waals surface area contributed by atoms with Gasteiger partial charge in [-0.15, -0.1) is 0 Å². The van der Waals surface area contributed by atoms with Gasteiger partial charge in [0.25, 0.3) is 0 Å². The SMILES string of the molecule is CC1CCC(N(CCS(=O)(=O)CC(=O)O)CC2CCCO2)CC1. The number of ether oxygens (including phenoxy) is 1. The molecule has 1 saturated carbocycles. The van der Waals surface area contributed by atoms with E-state index in [2.05, 4.69) is 11.8 Å². The largest absolute Gasteiger partial charge is 0.480 e. The zero-order chi connectivity index (χ0) is 16.9. The summed E-state index contributed by atoms with van der Waals surface area (Å²) in [4.78, 5) is 12.9. The lowest BCUT2D eigenvalue weighted by molar-refractivity contribution is -0.134. The van der Waals surface area contributed by atoms with Crippen LogP contribution in [-0.2, 0) is 19.4 Å². The summed E-state index contributed by atoms with van der Waals surface area (Å²) in [6.07, 6.45) is 6.82. The summed E-state index contributed by atoms with van der Waals surface area (Å²) < 4.78 is 29.5. The highest BCUT2D eigenvalue weighted by Gasteiger charge is 2.29. The van der Waals surface area contributed by atoms with Gasteiger partial charge in [-0.2, -0.15) is 0 Å². The molecule has 7 heteroatoms. The maximum Gasteiger partial charge on any atom is 0.318 e. The Morgan fingerprint density at radius 3 is 2.48 bits per heavy atom. The number of sulfone groups is 1. The maximum atomic E-state index is 11.9. The summed E-state index contributed by atoms with van der Waals surface area (Å²) in [7, 11) is -3.54. The van der Waals surface area contributed by atoms with E-state index in [-0.39, 0.29) is 11.9 Å². The molecule has 2 rings (SSSR count). The van der Waals surface area contributed by atoms with Crippen LogP contribution in [0.2, 0.25) is 0 Å². The van der Waals surface area contributed by atoms with Gasteiger partial charge in [-0.05, 0) is 44.4 Å².